The molecule has 0 atom stereocenters. The molecule has 1 aromatic rings. The Morgan fingerprint density at radius 1 is 1.15 bits per heavy atom. The van der Waals surface area contributed by atoms with Crippen LogP contribution in [-0.2, 0) is 31.2 Å². The molecule has 3 rings (SSSR count). The minimum atomic E-state index is 0.00393. The van der Waals surface area contributed by atoms with E-state index in [9.17, 15) is 9.59 Å². The van der Waals surface area contributed by atoms with Crippen molar-refractivity contribution in [2.45, 2.75) is 58.9 Å². The van der Waals surface area contributed by atoms with E-state index in [1.165, 1.54) is 5.69 Å². The number of nitrogens with zero attached hydrogens (tertiary/aromatic N) is 4. The first kappa shape index (κ1) is 19.7. The van der Waals surface area contributed by atoms with Crippen molar-refractivity contribution >= 4 is 11.9 Å². The average molecular weight is 376 g/mol. The van der Waals surface area contributed by atoms with Crippen LogP contribution in [0, 0.1) is 5.92 Å². The van der Waals surface area contributed by atoms with Gasteiger partial charge in [-0.2, -0.15) is 5.10 Å². The van der Waals surface area contributed by atoms with Gasteiger partial charge in [0.25, 0.3) is 0 Å². The molecule has 3 amide bonds. The lowest BCUT2D eigenvalue weighted by Crippen LogP contribution is -2.43. The number of carbonyl (C=O) groups is 2. The highest BCUT2D eigenvalue weighted by Gasteiger charge is 2.27. The van der Waals surface area contributed by atoms with Gasteiger partial charge in [-0.3, -0.25) is 9.48 Å². The van der Waals surface area contributed by atoms with Crippen LogP contribution in [0.3, 0.4) is 0 Å². The topological polar surface area (TPSA) is 70.5 Å². The first-order chi connectivity index (χ1) is 13.0. The summed E-state index contributed by atoms with van der Waals surface area (Å²) >= 11 is 0. The number of hydrogen-bond donors (Lipinski definition) is 1. The van der Waals surface area contributed by atoms with E-state index in [0.717, 1.165) is 50.0 Å². The monoisotopic (exact) mass is 375 g/mol. The van der Waals surface area contributed by atoms with Crippen LogP contribution in [-0.4, -0.2) is 57.7 Å². The summed E-state index contributed by atoms with van der Waals surface area (Å²) in [6, 6.07) is 0.00393. The van der Waals surface area contributed by atoms with E-state index in [1.807, 2.05) is 21.5 Å². The minimum Gasteiger partial charge on any atom is -0.343 e. The summed E-state index contributed by atoms with van der Waals surface area (Å²) in [4.78, 5) is 28.7. The molecule has 27 heavy (non-hydrogen) atoms. The maximum atomic E-state index is 12.5. The Morgan fingerprint density at radius 3 is 2.59 bits per heavy atom. The second kappa shape index (κ2) is 8.76. The van der Waals surface area contributed by atoms with Gasteiger partial charge < -0.3 is 15.1 Å². The van der Waals surface area contributed by atoms with Crippen molar-refractivity contribution in [2.24, 2.45) is 13.0 Å². The molecule has 7 heteroatoms. The molecule has 3 heterocycles. The molecule has 2 aliphatic heterocycles. The van der Waals surface area contributed by atoms with E-state index in [-0.39, 0.29) is 11.9 Å². The molecule has 0 spiro atoms. The molecule has 1 N–H and O–H groups in total. The standard InChI is InChI=1S/C20H33N5O2/c1-15(2)8-10-21-20(27)25-13-9-18-16(14-25)17(22-23(18)3)6-7-19(26)24-11-4-5-12-24/h15H,4-14H2,1-3H3,(H,21,27). The molecule has 150 valence electrons. The summed E-state index contributed by atoms with van der Waals surface area (Å²) in [5.74, 6) is 0.808. The summed E-state index contributed by atoms with van der Waals surface area (Å²) in [6.07, 6.45) is 5.20. The molecule has 0 bridgehead atoms. The number of fused-ring (bicyclic) bond motifs is 1. The smallest absolute Gasteiger partial charge is 0.317 e. The number of hydrogen-bond acceptors (Lipinski definition) is 3. The van der Waals surface area contributed by atoms with E-state index < -0.39 is 0 Å². The third kappa shape index (κ3) is 4.82. The number of amides is 3. The molecule has 0 aliphatic carbocycles. The normalized spacial score (nSPS) is 16.7. The van der Waals surface area contributed by atoms with E-state index in [0.29, 0.717) is 38.4 Å². The summed E-state index contributed by atoms with van der Waals surface area (Å²) in [5.41, 5.74) is 3.31. The minimum absolute atomic E-state index is 0.00393. The van der Waals surface area contributed by atoms with Crippen molar-refractivity contribution in [3.05, 3.63) is 17.0 Å². The van der Waals surface area contributed by atoms with Crippen molar-refractivity contribution < 1.29 is 9.59 Å². The third-order valence-electron chi connectivity index (χ3n) is 5.65. The first-order valence-corrected chi connectivity index (χ1v) is 10.3. The van der Waals surface area contributed by atoms with Gasteiger partial charge in [0.1, 0.15) is 0 Å². The lowest BCUT2D eigenvalue weighted by atomic mass is 10.0. The number of urea groups is 1. The van der Waals surface area contributed by atoms with Crippen LogP contribution >= 0.6 is 0 Å². The second-order valence-electron chi connectivity index (χ2n) is 8.17. The molecule has 1 aromatic heterocycles. The molecule has 0 aromatic carbocycles. The van der Waals surface area contributed by atoms with Crippen molar-refractivity contribution in [3.8, 4) is 0 Å². The van der Waals surface area contributed by atoms with Crippen LogP contribution in [0.2, 0.25) is 0 Å². The van der Waals surface area contributed by atoms with Crippen molar-refractivity contribution in [3.63, 3.8) is 0 Å². The quantitative estimate of drug-likeness (QED) is 0.828. The Kier molecular flexibility index (Phi) is 6.39. The van der Waals surface area contributed by atoms with Crippen molar-refractivity contribution in [2.75, 3.05) is 26.2 Å². The van der Waals surface area contributed by atoms with Gasteiger partial charge >= 0.3 is 6.03 Å². The van der Waals surface area contributed by atoms with E-state index in [2.05, 4.69) is 24.3 Å². The Balaban J connectivity index is 1.59. The van der Waals surface area contributed by atoms with E-state index >= 15 is 0 Å². The first-order valence-electron chi connectivity index (χ1n) is 10.3. The van der Waals surface area contributed by atoms with Crippen LogP contribution in [0.1, 0.15) is 56.5 Å². The van der Waals surface area contributed by atoms with Gasteiger partial charge in [0.05, 0.1) is 12.2 Å². The fourth-order valence-corrected chi connectivity index (χ4v) is 3.97. The molecule has 0 radical (unpaired) electrons. The largest absolute Gasteiger partial charge is 0.343 e. The number of aryl methyl sites for hydroxylation is 2. The Labute approximate surface area is 162 Å². The fraction of sp³-hybridized carbons (Fsp3) is 0.750. The second-order valence-corrected chi connectivity index (χ2v) is 8.17. The molecule has 1 saturated heterocycles. The SMILES string of the molecule is CC(C)CCNC(=O)N1CCc2c(c(CCC(=O)N3CCCC3)nn2C)C1. The highest BCUT2D eigenvalue weighted by atomic mass is 16.2. The fourth-order valence-electron chi connectivity index (χ4n) is 3.97. The van der Waals surface area contributed by atoms with Crippen LogP contribution in [0.5, 0.6) is 0 Å². The maximum Gasteiger partial charge on any atom is 0.317 e. The van der Waals surface area contributed by atoms with E-state index in [1.54, 1.807) is 0 Å². The highest BCUT2D eigenvalue weighted by Crippen LogP contribution is 2.23. The molecule has 2 aliphatic rings. The number of nitrogens with one attached hydrogen (secondary N) is 1. The average Bonchev–Trinajstić information content (AvgIpc) is 3.28. The molecular weight excluding hydrogens is 342 g/mol. The number of rotatable bonds is 6. The van der Waals surface area contributed by atoms with Gasteiger partial charge in [-0.05, 0) is 25.2 Å². The van der Waals surface area contributed by atoms with Crippen molar-refractivity contribution in [1.29, 1.82) is 0 Å². The summed E-state index contributed by atoms with van der Waals surface area (Å²) in [7, 11) is 1.96. The van der Waals surface area contributed by atoms with Crippen LogP contribution in [0.4, 0.5) is 4.79 Å². The molecular formula is C20H33N5O2. The third-order valence-corrected chi connectivity index (χ3v) is 5.65. The Bertz CT molecular complexity index is 676. The van der Waals surface area contributed by atoms with Gasteiger partial charge in [-0.15, -0.1) is 0 Å². The Hall–Kier alpha value is -2.05. The number of carbonyl (C=O) groups excluding carboxylic acids is 2. The lowest BCUT2D eigenvalue weighted by molar-refractivity contribution is -0.130. The van der Waals surface area contributed by atoms with Crippen LogP contribution in [0.15, 0.2) is 0 Å². The predicted octanol–water partition coefficient (Wildman–Crippen LogP) is 2.09. The van der Waals surface area contributed by atoms with Crippen molar-refractivity contribution in [1.82, 2.24) is 24.9 Å². The van der Waals surface area contributed by atoms with Crippen LogP contribution < -0.4 is 5.32 Å². The van der Waals surface area contributed by atoms with Gasteiger partial charge in [0, 0.05) is 63.7 Å². The molecule has 0 unspecified atom stereocenters. The zero-order valence-corrected chi connectivity index (χ0v) is 17.0. The zero-order chi connectivity index (χ0) is 19.4. The zero-order valence-electron chi connectivity index (χ0n) is 17.0. The summed E-state index contributed by atoms with van der Waals surface area (Å²) < 4.78 is 1.93. The highest BCUT2D eigenvalue weighted by molar-refractivity contribution is 5.77. The number of aromatic nitrogens is 2. The van der Waals surface area contributed by atoms with Gasteiger partial charge in [-0.1, -0.05) is 13.8 Å². The summed E-state index contributed by atoms with van der Waals surface area (Å²) in [5, 5.41) is 7.68. The van der Waals surface area contributed by atoms with Gasteiger partial charge in [-0.25, -0.2) is 4.79 Å². The summed E-state index contributed by atoms with van der Waals surface area (Å²) in [6.45, 7) is 8.11. The van der Waals surface area contributed by atoms with E-state index in [4.69, 9.17) is 0 Å². The maximum absolute atomic E-state index is 12.5. The molecule has 1 fully saturated rings. The molecule has 0 saturated carbocycles. The van der Waals surface area contributed by atoms with Gasteiger partial charge in [0.15, 0.2) is 0 Å². The lowest BCUT2D eigenvalue weighted by Gasteiger charge is -2.28. The molecule has 7 nitrogen and oxygen atoms in total. The van der Waals surface area contributed by atoms with Crippen LogP contribution in [0.25, 0.3) is 0 Å². The number of likely N-dealkylation sites (tertiary alicyclic amines) is 1. The Morgan fingerprint density at radius 2 is 1.89 bits per heavy atom. The van der Waals surface area contributed by atoms with Gasteiger partial charge in [0.2, 0.25) is 5.91 Å². The predicted molar refractivity (Wildman–Crippen MR) is 104 cm³/mol.